The Hall–Kier alpha value is -2.13. The lowest BCUT2D eigenvalue weighted by molar-refractivity contribution is 0.729. The Morgan fingerprint density at radius 1 is 1.05 bits per heavy atom. The second-order valence-corrected chi connectivity index (χ2v) is 5.29. The van der Waals surface area contributed by atoms with E-state index < -0.39 is 0 Å². The summed E-state index contributed by atoms with van der Waals surface area (Å²) in [6.45, 7) is 4.23. The fourth-order valence-corrected chi connectivity index (χ4v) is 2.73. The number of nitrogens with zero attached hydrogens (tertiary/aromatic N) is 2. The number of para-hydroxylation sites is 1. The molecule has 3 heteroatoms. The molecule has 3 rings (SSSR count). The molecule has 0 aliphatic heterocycles. The van der Waals surface area contributed by atoms with Gasteiger partial charge in [0.05, 0.1) is 17.3 Å². The maximum absolute atomic E-state index is 6.49. The van der Waals surface area contributed by atoms with Crippen molar-refractivity contribution >= 4 is 10.9 Å². The summed E-state index contributed by atoms with van der Waals surface area (Å²) in [7, 11) is 1.96. The van der Waals surface area contributed by atoms with E-state index in [4.69, 9.17) is 5.73 Å². The van der Waals surface area contributed by atoms with Gasteiger partial charge in [0.25, 0.3) is 0 Å². The SMILES string of the molecule is Cc1cccc(C(N)c2nn(C)c3ccccc23)c1C. The van der Waals surface area contributed by atoms with Gasteiger partial charge >= 0.3 is 0 Å². The minimum atomic E-state index is -0.194. The Balaban J connectivity index is 2.18. The Kier molecular flexibility index (Phi) is 3.07. The second-order valence-electron chi connectivity index (χ2n) is 5.29. The molecule has 1 heterocycles. The molecular formula is C17H19N3. The molecule has 3 aromatic rings. The third-order valence-corrected chi connectivity index (χ3v) is 4.06. The Labute approximate surface area is 119 Å². The lowest BCUT2D eigenvalue weighted by Crippen LogP contribution is -2.15. The zero-order valence-corrected chi connectivity index (χ0v) is 12.1. The van der Waals surface area contributed by atoms with Crippen LogP contribution in [0, 0.1) is 13.8 Å². The number of nitrogens with two attached hydrogens (primary N) is 1. The van der Waals surface area contributed by atoms with Crippen LogP contribution in [0.5, 0.6) is 0 Å². The van der Waals surface area contributed by atoms with Gasteiger partial charge in [0.15, 0.2) is 0 Å². The Morgan fingerprint density at radius 3 is 2.60 bits per heavy atom. The molecule has 2 aromatic carbocycles. The van der Waals surface area contributed by atoms with Crippen molar-refractivity contribution in [2.24, 2.45) is 12.8 Å². The van der Waals surface area contributed by atoms with E-state index in [1.54, 1.807) is 0 Å². The van der Waals surface area contributed by atoms with Crippen LogP contribution >= 0.6 is 0 Å². The van der Waals surface area contributed by atoms with Crippen molar-refractivity contribution in [3.05, 3.63) is 64.8 Å². The Morgan fingerprint density at radius 2 is 1.80 bits per heavy atom. The van der Waals surface area contributed by atoms with Crippen LogP contribution in [0.2, 0.25) is 0 Å². The molecule has 0 saturated heterocycles. The largest absolute Gasteiger partial charge is 0.319 e. The maximum Gasteiger partial charge on any atom is 0.0915 e. The van der Waals surface area contributed by atoms with E-state index in [2.05, 4.69) is 49.3 Å². The van der Waals surface area contributed by atoms with Gasteiger partial charge in [0.2, 0.25) is 0 Å². The van der Waals surface area contributed by atoms with Crippen LogP contribution < -0.4 is 5.73 Å². The van der Waals surface area contributed by atoms with Crippen molar-refractivity contribution in [2.45, 2.75) is 19.9 Å². The molecule has 2 N–H and O–H groups in total. The normalized spacial score (nSPS) is 12.8. The van der Waals surface area contributed by atoms with E-state index in [0.29, 0.717) is 0 Å². The molecule has 0 bridgehead atoms. The third-order valence-electron chi connectivity index (χ3n) is 4.06. The predicted molar refractivity (Wildman–Crippen MR) is 82.7 cm³/mol. The average Bonchev–Trinajstić information content (AvgIpc) is 2.79. The summed E-state index contributed by atoms with van der Waals surface area (Å²) in [4.78, 5) is 0. The highest BCUT2D eigenvalue weighted by Crippen LogP contribution is 2.28. The van der Waals surface area contributed by atoms with Crippen molar-refractivity contribution in [3.63, 3.8) is 0 Å². The smallest absolute Gasteiger partial charge is 0.0915 e. The van der Waals surface area contributed by atoms with E-state index in [9.17, 15) is 0 Å². The highest BCUT2D eigenvalue weighted by Gasteiger charge is 2.18. The van der Waals surface area contributed by atoms with Crippen molar-refractivity contribution in [1.82, 2.24) is 9.78 Å². The van der Waals surface area contributed by atoms with Gasteiger partial charge in [-0.05, 0) is 36.6 Å². The van der Waals surface area contributed by atoms with Gasteiger partial charge in [-0.2, -0.15) is 5.10 Å². The molecule has 1 unspecified atom stereocenters. The number of aromatic nitrogens is 2. The summed E-state index contributed by atoms with van der Waals surface area (Å²) < 4.78 is 1.90. The van der Waals surface area contributed by atoms with Crippen molar-refractivity contribution in [1.29, 1.82) is 0 Å². The Bertz CT molecular complexity index is 771. The topological polar surface area (TPSA) is 43.8 Å². The van der Waals surface area contributed by atoms with Gasteiger partial charge in [0.1, 0.15) is 0 Å². The first-order chi connectivity index (χ1) is 9.59. The molecule has 20 heavy (non-hydrogen) atoms. The molecule has 1 atom stereocenters. The van der Waals surface area contributed by atoms with Crippen molar-refractivity contribution in [2.75, 3.05) is 0 Å². The first-order valence-corrected chi connectivity index (χ1v) is 6.83. The molecular weight excluding hydrogens is 246 g/mol. The highest BCUT2D eigenvalue weighted by atomic mass is 15.3. The number of benzene rings is 2. The maximum atomic E-state index is 6.49. The number of hydrogen-bond donors (Lipinski definition) is 1. The molecule has 0 spiro atoms. The molecule has 102 valence electrons. The monoisotopic (exact) mass is 265 g/mol. The van der Waals surface area contributed by atoms with Gasteiger partial charge < -0.3 is 5.73 Å². The summed E-state index contributed by atoms with van der Waals surface area (Å²) in [6, 6.07) is 14.3. The van der Waals surface area contributed by atoms with E-state index >= 15 is 0 Å². The summed E-state index contributed by atoms with van der Waals surface area (Å²) >= 11 is 0. The van der Waals surface area contributed by atoms with Gasteiger partial charge in [-0.15, -0.1) is 0 Å². The van der Waals surface area contributed by atoms with Crippen LogP contribution in [-0.2, 0) is 7.05 Å². The lowest BCUT2D eigenvalue weighted by atomic mass is 9.95. The third kappa shape index (κ3) is 1.91. The predicted octanol–water partition coefficient (Wildman–Crippen LogP) is 3.24. The summed E-state index contributed by atoms with van der Waals surface area (Å²) in [5.41, 5.74) is 12.2. The minimum Gasteiger partial charge on any atom is -0.319 e. The van der Waals surface area contributed by atoms with Crippen molar-refractivity contribution in [3.8, 4) is 0 Å². The van der Waals surface area contributed by atoms with Gasteiger partial charge in [-0.3, -0.25) is 4.68 Å². The summed E-state index contributed by atoms with van der Waals surface area (Å²) in [5, 5.41) is 5.76. The second kappa shape index (κ2) is 4.76. The quantitative estimate of drug-likeness (QED) is 0.773. The molecule has 3 nitrogen and oxygen atoms in total. The highest BCUT2D eigenvalue weighted by molar-refractivity contribution is 5.82. The van der Waals surface area contributed by atoms with E-state index in [0.717, 1.165) is 22.2 Å². The average molecular weight is 265 g/mol. The molecule has 0 amide bonds. The molecule has 0 fully saturated rings. The first kappa shape index (κ1) is 12.9. The van der Waals surface area contributed by atoms with E-state index in [1.807, 2.05) is 23.9 Å². The lowest BCUT2D eigenvalue weighted by Gasteiger charge is -2.14. The van der Waals surface area contributed by atoms with Crippen molar-refractivity contribution < 1.29 is 0 Å². The summed E-state index contributed by atoms with van der Waals surface area (Å²) in [5.74, 6) is 0. The molecule has 0 saturated carbocycles. The standard InChI is InChI=1S/C17H19N3/c1-11-7-6-9-13(12(11)2)16(18)17-14-8-4-5-10-15(14)20(3)19-17/h4-10,16H,18H2,1-3H3. The van der Waals surface area contributed by atoms with Crippen LogP contribution in [0.25, 0.3) is 10.9 Å². The first-order valence-electron chi connectivity index (χ1n) is 6.83. The zero-order valence-electron chi connectivity index (χ0n) is 12.1. The number of fused-ring (bicyclic) bond motifs is 1. The van der Waals surface area contributed by atoms with Gasteiger partial charge in [-0.1, -0.05) is 36.4 Å². The molecule has 0 aliphatic rings. The van der Waals surface area contributed by atoms with Crippen LogP contribution in [0.4, 0.5) is 0 Å². The molecule has 1 aromatic heterocycles. The van der Waals surface area contributed by atoms with E-state index in [-0.39, 0.29) is 6.04 Å². The fraction of sp³-hybridized carbons (Fsp3) is 0.235. The number of rotatable bonds is 2. The van der Waals surface area contributed by atoms with Gasteiger partial charge in [0, 0.05) is 12.4 Å². The number of aryl methyl sites for hydroxylation is 2. The van der Waals surface area contributed by atoms with Gasteiger partial charge in [-0.25, -0.2) is 0 Å². The zero-order chi connectivity index (χ0) is 14.3. The minimum absolute atomic E-state index is 0.194. The van der Waals surface area contributed by atoms with Crippen LogP contribution in [-0.4, -0.2) is 9.78 Å². The van der Waals surface area contributed by atoms with E-state index in [1.165, 1.54) is 11.1 Å². The number of hydrogen-bond acceptors (Lipinski definition) is 2. The molecule has 0 aliphatic carbocycles. The molecule has 0 radical (unpaired) electrons. The van der Waals surface area contributed by atoms with Crippen LogP contribution in [0.15, 0.2) is 42.5 Å². The van der Waals surface area contributed by atoms with Crippen LogP contribution in [0.1, 0.15) is 28.4 Å². The van der Waals surface area contributed by atoms with Crippen LogP contribution in [0.3, 0.4) is 0 Å². The summed E-state index contributed by atoms with van der Waals surface area (Å²) in [6.07, 6.45) is 0. The fourth-order valence-electron chi connectivity index (χ4n) is 2.73.